The first kappa shape index (κ1) is 14.5. The number of ether oxygens (including phenoxy) is 1. The van der Waals surface area contributed by atoms with Gasteiger partial charge in [-0.15, -0.1) is 11.8 Å². The third-order valence-electron chi connectivity index (χ3n) is 2.64. The smallest absolute Gasteiger partial charge is 0.337 e. The molecule has 2 rings (SSSR count). The molecule has 104 valence electrons. The Morgan fingerprint density at radius 1 is 1.15 bits per heavy atom. The second-order valence-electron chi connectivity index (χ2n) is 4.06. The van der Waals surface area contributed by atoms with Crippen LogP contribution in [0.2, 0.25) is 0 Å². The minimum atomic E-state index is -0.863. The summed E-state index contributed by atoms with van der Waals surface area (Å²) < 4.78 is 30.5. The van der Waals surface area contributed by atoms with E-state index in [-0.39, 0.29) is 0 Å². The Morgan fingerprint density at radius 3 is 2.65 bits per heavy atom. The summed E-state index contributed by atoms with van der Waals surface area (Å²) in [5.74, 6) is -1.57. The van der Waals surface area contributed by atoms with Crippen LogP contribution in [0.5, 0.6) is 0 Å². The summed E-state index contributed by atoms with van der Waals surface area (Å²) in [6, 6.07) is 10.8. The van der Waals surface area contributed by atoms with Crippen LogP contribution in [-0.2, 0) is 10.5 Å². The number of carbonyl (C=O) groups is 1. The van der Waals surface area contributed by atoms with Gasteiger partial charge >= 0.3 is 5.97 Å². The van der Waals surface area contributed by atoms with Crippen LogP contribution in [0.3, 0.4) is 0 Å². The summed E-state index contributed by atoms with van der Waals surface area (Å²) in [4.78, 5) is 12.0. The minimum Gasteiger partial charge on any atom is -0.465 e. The number of thioether (sulfide) groups is 1. The molecule has 0 bridgehead atoms. The summed E-state index contributed by atoms with van der Waals surface area (Å²) in [5.41, 5.74) is 1.37. The first-order valence-corrected chi connectivity index (χ1v) is 6.84. The molecule has 2 nitrogen and oxygen atoms in total. The van der Waals surface area contributed by atoms with Crippen molar-refractivity contribution in [3.63, 3.8) is 0 Å². The molecule has 0 aliphatic heterocycles. The summed E-state index contributed by atoms with van der Waals surface area (Å²) in [6.07, 6.45) is 0. The van der Waals surface area contributed by atoms with Crippen molar-refractivity contribution in [2.24, 2.45) is 0 Å². The van der Waals surface area contributed by atoms with E-state index < -0.39 is 17.6 Å². The highest BCUT2D eigenvalue weighted by atomic mass is 32.2. The van der Waals surface area contributed by atoms with Crippen molar-refractivity contribution in [3.05, 3.63) is 65.2 Å². The third-order valence-corrected chi connectivity index (χ3v) is 3.71. The third kappa shape index (κ3) is 3.57. The van der Waals surface area contributed by atoms with Gasteiger partial charge in [0, 0.05) is 10.6 Å². The van der Waals surface area contributed by atoms with Gasteiger partial charge in [0.15, 0.2) is 11.6 Å². The molecule has 0 aliphatic rings. The van der Waals surface area contributed by atoms with Crippen LogP contribution in [0.4, 0.5) is 8.78 Å². The van der Waals surface area contributed by atoms with Gasteiger partial charge in [-0.25, -0.2) is 13.6 Å². The van der Waals surface area contributed by atoms with E-state index in [1.807, 2.05) is 6.07 Å². The van der Waals surface area contributed by atoms with E-state index in [9.17, 15) is 13.6 Å². The summed E-state index contributed by atoms with van der Waals surface area (Å²) >= 11 is 1.37. The Morgan fingerprint density at radius 2 is 1.95 bits per heavy atom. The van der Waals surface area contributed by atoms with Crippen LogP contribution in [0.15, 0.2) is 47.4 Å². The Bertz CT molecular complexity index is 629. The molecule has 0 aliphatic carbocycles. The SMILES string of the molecule is COC(=O)c1cccc(CSc2ccc(F)c(F)c2)c1. The van der Waals surface area contributed by atoms with Gasteiger partial charge < -0.3 is 4.74 Å². The van der Waals surface area contributed by atoms with Crippen LogP contribution in [0.25, 0.3) is 0 Å². The average Bonchev–Trinajstić information content (AvgIpc) is 2.48. The molecule has 0 radical (unpaired) electrons. The van der Waals surface area contributed by atoms with E-state index in [4.69, 9.17) is 0 Å². The van der Waals surface area contributed by atoms with Gasteiger partial charge in [0.05, 0.1) is 12.7 Å². The molecule has 0 aromatic heterocycles. The second-order valence-corrected chi connectivity index (χ2v) is 5.11. The average molecular weight is 294 g/mol. The fourth-order valence-corrected chi connectivity index (χ4v) is 2.50. The molecule has 0 atom stereocenters. The summed E-state index contributed by atoms with van der Waals surface area (Å²) in [5, 5.41) is 0. The highest BCUT2D eigenvalue weighted by Gasteiger charge is 2.07. The lowest BCUT2D eigenvalue weighted by molar-refractivity contribution is 0.0600. The zero-order valence-electron chi connectivity index (χ0n) is 10.7. The lowest BCUT2D eigenvalue weighted by Gasteiger charge is -2.05. The van der Waals surface area contributed by atoms with E-state index in [0.717, 1.165) is 17.7 Å². The molecule has 20 heavy (non-hydrogen) atoms. The molecule has 2 aromatic carbocycles. The van der Waals surface area contributed by atoms with Crippen molar-refractivity contribution in [2.75, 3.05) is 7.11 Å². The first-order chi connectivity index (χ1) is 9.60. The van der Waals surface area contributed by atoms with Gasteiger partial charge in [0.25, 0.3) is 0 Å². The Labute approximate surface area is 119 Å². The largest absolute Gasteiger partial charge is 0.465 e. The van der Waals surface area contributed by atoms with Crippen LogP contribution >= 0.6 is 11.8 Å². The zero-order valence-corrected chi connectivity index (χ0v) is 11.5. The molecule has 2 aromatic rings. The molecule has 0 unspecified atom stereocenters. The van der Waals surface area contributed by atoms with E-state index in [0.29, 0.717) is 16.2 Å². The first-order valence-electron chi connectivity index (χ1n) is 5.85. The molecule has 0 N–H and O–H groups in total. The van der Waals surface area contributed by atoms with E-state index in [2.05, 4.69) is 4.74 Å². The number of hydrogen-bond donors (Lipinski definition) is 0. The number of halogens is 2. The lowest BCUT2D eigenvalue weighted by Crippen LogP contribution is -2.01. The van der Waals surface area contributed by atoms with Gasteiger partial charge in [-0.3, -0.25) is 0 Å². The van der Waals surface area contributed by atoms with E-state index in [1.165, 1.54) is 24.9 Å². The molecule has 5 heteroatoms. The summed E-state index contributed by atoms with van der Waals surface area (Å²) in [7, 11) is 1.32. The zero-order chi connectivity index (χ0) is 14.5. The van der Waals surface area contributed by atoms with Gasteiger partial charge in [-0.2, -0.15) is 0 Å². The van der Waals surface area contributed by atoms with Crippen molar-refractivity contribution in [2.45, 2.75) is 10.6 Å². The Kier molecular flexibility index (Phi) is 4.74. The molecular formula is C15H12F2O2S. The second kappa shape index (κ2) is 6.52. The van der Waals surface area contributed by atoms with Crippen molar-refractivity contribution in [1.82, 2.24) is 0 Å². The standard InChI is InChI=1S/C15H12F2O2S/c1-19-15(18)11-4-2-3-10(7-11)9-20-12-5-6-13(16)14(17)8-12/h2-8H,9H2,1H3. The normalized spacial score (nSPS) is 10.3. The highest BCUT2D eigenvalue weighted by molar-refractivity contribution is 7.98. The van der Waals surface area contributed by atoms with Gasteiger partial charge in [-0.1, -0.05) is 12.1 Å². The predicted molar refractivity (Wildman–Crippen MR) is 73.7 cm³/mol. The molecule has 0 heterocycles. The van der Waals surface area contributed by atoms with Crippen molar-refractivity contribution < 1.29 is 18.3 Å². The van der Waals surface area contributed by atoms with Gasteiger partial charge in [-0.05, 0) is 35.9 Å². The van der Waals surface area contributed by atoms with Crippen molar-refractivity contribution in [1.29, 1.82) is 0 Å². The topological polar surface area (TPSA) is 26.3 Å². The molecule has 0 saturated heterocycles. The number of hydrogen-bond acceptors (Lipinski definition) is 3. The molecule has 0 saturated carbocycles. The quantitative estimate of drug-likeness (QED) is 0.629. The summed E-state index contributed by atoms with van der Waals surface area (Å²) in [6.45, 7) is 0. The van der Waals surface area contributed by atoms with Gasteiger partial charge in [0.1, 0.15) is 0 Å². The van der Waals surface area contributed by atoms with E-state index >= 15 is 0 Å². The maximum Gasteiger partial charge on any atom is 0.337 e. The minimum absolute atomic E-state index is 0.398. The van der Waals surface area contributed by atoms with Crippen molar-refractivity contribution in [3.8, 4) is 0 Å². The number of esters is 1. The molecular weight excluding hydrogens is 282 g/mol. The van der Waals surface area contributed by atoms with Crippen LogP contribution in [-0.4, -0.2) is 13.1 Å². The van der Waals surface area contributed by atoms with E-state index in [1.54, 1.807) is 18.2 Å². The maximum atomic E-state index is 13.1. The number of methoxy groups -OCH3 is 1. The number of carbonyl (C=O) groups excluding carboxylic acids is 1. The van der Waals surface area contributed by atoms with Crippen LogP contribution < -0.4 is 0 Å². The number of benzene rings is 2. The van der Waals surface area contributed by atoms with Crippen molar-refractivity contribution >= 4 is 17.7 Å². The highest BCUT2D eigenvalue weighted by Crippen LogP contribution is 2.24. The monoisotopic (exact) mass is 294 g/mol. The molecule has 0 fully saturated rings. The van der Waals surface area contributed by atoms with Crippen LogP contribution in [0.1, 0.15) is 15.9 Å². The lowest BCUT2D eigenvalue weighted by atomic mass is 10.1. The molecule has 0 amide bonds. The molecule has 0 spiro atoms. The fourth-order valence-electron chi connectivity index (χ4n) is 1.64. The Hall–Kier alpha value is -1.88. The maximum absolute atomic E-state index is 13.1. The number of rotatable bonds is 4. The predicted octanol–water partition coefficient (Wildman–Crippen LogP) is 4.04. The Balaban J connectivity index is 2.07. The fraction of sp³-hybridized carbons (Fsp3) is 0.133. The van der Waals surface area contributed by atoms with Gasteiger partial charge in [0.2, 0.25) is 0 Å². The van der Waals surface area contributed by atoms with Crippen LogP contribution in [0, 0.1) is 11.6 Å².